The van der Waals surface area contributed by atoms with Gasteiger partial charge in [0.1, 0.15) is 11.6 Å². The number of nitrogens with zero attached hydrogens (tertiary/aromatic N) is 3. The zero-order chi connectivity index (χ0) is 13.8. The molecule has 0 atom stereocenters. The van der Waals surface area contributed by atoms with E-state index in [2.05, 4.69) is 23.7 Å². The second-order valence-electron chi connectivity index (χ2n) is 4.50. The maximum atomic E-state index is 13.2. The lowest BCUT2D eigenvalue weighted by Crippen LogP contribution is -2.24. The molecule has 0 fully saturated rings. The molecule has 0 aliphatic rings. The molecule has 2 aromatic rings. The van der Waals surface area contributed by atoms with Gasteiger partial charge in [-0.3, -0.25) is 4.90 Å². The molecule has 0 unspecified atom stereocenters. The Morgan fingerprint density at radius 3 is 2.68 bits per heavy atom. The number of halogens is 1. The number of fused-ring (bicyclic) bond motifs is 1. The first-order chi connectivity index (χ1) is 9.19. The third-order valence-electron chi connectivity index (χ3n) is 3.37. The van der Waals surface area contributed by atoms with Crippen LogP contribution in [0.15, 0.2) is 18.2 Å². The Kier molecular flexibility index (Phi) is 4.50. The van der Waals surface area contributed by atoms with E-state index in [9.17, 15) is 9.50 Å². The second-order valence-corrected chi connectivity index (χ2v) is 4.50. The Labute approximate surface area is 112 Å². The number of hydrogen-bond donors (Lipinski definition) is 1. The molecule has 1 N–H and O–H groups in total. The van der Waals surface area contributed by atoms with Crippen molar-refractivity contribution in [3.63, 3.8) is 0 Å². The van der Waals surface area contributed by atoms with E-state index in [1.807, 2.05) is 4.57 Å². The van der Waals surface area contributed by atoms with E-state index in [1.54, 1.807) is 6.07 Å². The van der Waals surface area contributed by atoms with Crippen LogP contribution in [0, 0.1) is 5.82 Å². The maximum absolute atomic E-state index is 13.2. The Balaban J connectivity index is 2.43. The van der Waals surface area contributed by atoms with E-state index in [0.29, 0.717) is 18.6 Å². The van der Waals surface area contributed by atoms with Gasteiger partial charge in [0.15, 0.2) is 0 Å². The monoisotopic (exact) mass is 265 g/mol. The van der Waals surface area contributed by atoms with E-state index in [4.69, 9.17) is 0 Å². The van der Waals surface area contributed by atoms with Crippen molar-refractivity contribution in [3.8, 4) is 0 Å². The Bertz CT molecular complexity index is 549. The van der Waals surface area contributed by atoms with E-state index in [-0.39, 0.29) is 12.4 Å². The van der Waals surface area contributed by atoms with Gasteiger partial charge in [0.2, 0.25) is 0 Å². The highest BCUT2D eigenvalue weighted by atomic mass is 19.1. The van der Waals surface area contributed by atoms with Gasteiger partial charge in [0.25, 0.3) is 0 Å². The van der Waals surface area contributed by atoms with Gasteiger partial charge < -0.3 is 9.67 Å². The van der Waals surface area contributed by atoms with E-state index >= 15 is 0 Å². The van der Waals surface area contributed by atoms with Crippen molar-refractivity contribution in [3.05, 3.63) is 29.8 Å². The average molecular weight is 265 g/mol. The molecular weight excluding hydrogens is 245 g/mol. The van der Waals surface area contributed by atoms with E-state index < -0.39 is 0 Å². The van der Waals surface area contributed by atoms with Crippen molar-refractivity contribution in [2.75, 3.05) is 19.7 Å². The van der Waals surface area contributed by atoms with Crippen LogP contribution in [-0.4, -0.2) is 39.3 Å². The van der Waals surface area contributed by atoms with Crippen LogP contribution in [0.2, 0.25) is 0 Å². The first-order valence-corrected chi connectivity index (χ1v) is 6.67. The molecule has 5 heteroatoms. The molecule has 2 rings (SSSR count). The normalized spacial score (nSPS) is 11.6. The van der Waals surface area contributed by atoms with Crippen molar-refractivity contribution >= 4 is 11.0 Å². The molecule has 0 aliphatic carbocycles. The Hall–Kier alpha value is -1.46. The van der Waals surface area contributed by atoms with E-state index in [0.717, 1.165) is 24.4 Å². The second kappa shape index (κ2) is 6.12. The van der Waals surface area contributed by atoms with Gasteiger partial charge in [0.05, 0.1) is 24.2 Å². The smallest absolute Gasteiger partial charge is 0.125 e. The number of aliphatic hydroxyl groups is 1. The Morgan fingerprint density at radius 2 is 2.05 bits per heavy atom. The lowest BCUT2D eigenvalue weighted by atomic mass is 10.3. The number of hydrogen-bond acceptors (Lipinski definition) is 3. The summed E-state index contributed by atoms with van der Waals surface area (Å²) < 4.78 is 15.2. The van der Waals surface area contributed by atoms with Crippen LogP contribution < -0.4 is 0 Å². The third-order valence-corrected chi connectivity index (χ3v) is 3.37. The molecule has 0 radical (unpaired) electrons. The minimum Gasteiger partial charge on any atom is -0.395 e. The standard InChI is InChI=1S/C14H20FN3O/c1-3-17(4-2)10-14-16-12-9-11(15)5-6-13(12)18(14)7-8-19/h5-6,9,19H,3-4,7-8,10H2,1-2H3. The van der Waals surface area contributed by atoms with Gasteiger partial charge >= 0.3 is 0 Å². The summed E-state index contributed by atoms with van der Waals surface area (Å²) in [5.74, 6) is 0.592. The van der Waals surface area contributed by atoms with Gasteiger partial charge in [-0.15, -0.1) is 0 Å². The predicted octanol–water partition coefficient (Wildman–Crippen LogP) is 2.01. The maximum Gasteiger partial charge on any atom is 0.125 e. The van der Waals surface area contributed by atoms with Crippen molar-refractivity contribution < 1.29 is 9.50 Å². The highest BCUT2D eigenvalue weighted by Crippen LogP contribution is 2.18. The summed E-state index contributed by atoms with van der Waals surface area (Å²) in [4.78, 5) is 6.74. The van der Waals surface area contributed by atoms with Crippen molar-refractivity contribution in [1.82, 2.24) is 14.5 Å². The SMILES string of the molecule is CCN(CC)Cc1nc2cc(F)ccc2n1CCO. The summed E-state index contributed by atoms with van der Waals surface area (Å²) in [7, 11) is 0. The first-order valence-electron chi connectivity index (χ1n) is 6.67. The van der Waals surface area contributed by atoms with Crippen LogP contribution >= 0.6 is 0 Å². The molecular formula is C14H20FN3O. The fourth-order valence-corrected chi connectivity index (χ4v) is 2.27. The predicted molar refractivity (Wildman–Crippen MR) is 73.4 cm³/mol. The van der Waals surface area contributed by atoms with Gasteiger partial charge in [-0.25, -0.2) is 9.37 Å². The van der Waals surface area contributed by atoms with E-state index in [1.165, 1.54) is 12.1 Å². The highest BCUT2D eigenvalue weighted by molar-refractivity contribution is 5.76. The quantitative estimate of drug-likeness (QED) is 0.868. The zero-order valence-electron chi connectivity index (χ0n) is 11.4. The minimum absolute atomic E-state index is 0.0497. The molecule has 19 heavy (non-hydrogen) atoms. The molecule has 4 nitrogen and oxygen atoms in total. The summed E-state index contributed by atoms with van der Waals surface area (Å²) in [6.45, 7) is 7.32. The lowest BCUT2D eigenvalue weighted by molar-refractivity contribution is 0.260. The molecule has 0 saturated carbocycles. The molecule has 1 aromatic heterocycles. The van der Waals surface area contributed by atoms with Gasteiger partial charge in [-0.2, -0.15) is 0 Å². The molecule has 0 aliphatic heterocycles. The fraction of sp³-hybridized carbons (Fsp3) is 0.500. The molecule has 104 valence electrons. The van der Waals surface area contributed by atoms with Crippen LogP contribution in [0.25, 0.3) is 11.0 Å². The fourth-order valence-electron chi connectivity index (χ4n) is 2.27. The van der Waals surface area contributed by atoms with Crippen LogP contribution in [0.4, 0.5) is 4.39 Å². The number of rotatable bonds is 6. The molecule has 0 saturated heterocycles. The lowest BCUT2D eigenvalue weighted by Gasteiger charge is -2.18. The summed E-state index contributed by atoms with van der Waals surface area (Å²) in [6.07, 6.45) is 0. The zero-order valence-corrected chi connectivity index (χ0v) is 11.4. The van der Waals surface area contributed by atoms with Crippen LogP contribution in [0.3, 0.4) is 0 Å². The van der Waals surface area contributed by atoms with Crippen LogP contribution in [0.5, 0.6) is 0 Å². The molecule has 1 heterocycles. The summed E-state index contributed by atoms with van der Waals surface area (Å²) in [5.41, 5.74) is 1.52. The average Bonchev–Trinajstić information content (AvgIpc) is 2.73. The largest absolute Gasteiger partial charge is 0.395 e. The number of aromatic nitrogens is 2. The van der Waals surface area contributed by atoms with Gasteiger partial charge in [-0.1, -0.05) is 13.8 Å². The molecule has 0 spiro atoms. The van der Waals surface area contributed by atoms with Gasteiger partial charge in [0, 0.05) is 12.6 Å². The van der Waals surface area contributed by atoms with Crippen molar-refractivity contribution in [2.24, 2.45) is 0 Å². The van der Waals surface area contributed by atoms with Crippen LogP contribution in [0.1, 0.15) is 19.7 Å². The van der Waals surface area contributed by atoms with Crippen LogP contribution in [-0.2, 0) is 13.1 Å². The summed E-state index contributed by atoms with van der Waals surface area (Å²) in [5, 5.41) is 9.19. The third kappa shape index (κ3) is 2.93. The molecule has 0 amide bonds. The summed E-state index contributed by atoms with van der Waals surface area (Å²) in [6, 6.07) is 4.59. The van der Waals surface area contributed by atoms with Crippen molar-refractivity contribution in [1.29, 1.82) is 0 Å². The number of benzene rings is 1. The Morgan fingerprint density at radius 1 is 1.32 bits per heavy atom. The highest BCUT2D eigenvalue weighted by Gasteiger charge is 2.13. The van der Waals surface area contributed by atoms with Gasteiger partial charge in [-0.05, 0) is 25.2 Å². The number of aliphatic hydroxyl groups excluding tert-OH is 1. The first kappa shape index (κ1) is 14.0. The minimum atomic E-state index is -0.282. The summed E-state index contributed by atoms with van der Waals surface area (Å²) >= 11 is 0. The topological polar surface area (TPSA) is 41.3 Å². The molecule has 0 bridgehead atoms. The number of imidazole rings is 1. The molecule has 1 aromatic carbocycles. The van der Waals surface area contributed by atoms with Crippen molar-refractivity contribution in [2.45, 2.75) is 26.9 Å².